The van der Waals surface area contributed by atoms with E-state index in [0.717, 1.165) is 40.6 Å². The molecule has 34 heavy (non-hydrogen) atoms. The first-order valence-electron chi connectivity index (χ1n) is 10.8. The number of halogens is 2. The van der Waals surface area contributed by atoms with Crippen LogP contribution in [0, 0.1) is 0 Å². The summed E-state index contributed by atoms with van der Waals surface area (Å²) in [5.41, 5.74) is 6.79. The van der Waals surface area contributed by atoms with Crippen molar-refractivity contribution in [1.82, 2.24) is 15.5 Å². The van der Waals surface area contributed by atoms with Gasteiger partial charge in [-0.15, -0.1) is 24.8 Å². The zero-order valence-corrected chi connectivity index (χ0v) is 20.3. The molecule has 1 aromatic heterocycles. The number of hydrogen-bond acceptors (Lipinski definition) is 4. The summed E-state index contributed by atoms with van der Waals surface area (Å²) >= 11 is 0. The zero-order chi connectivity index (χ0) is 21.9. The fourth-order valence-electron chi connectivity index (χ4n) is 4.24. The van der Waals surface area contributed by atoms with Crippen molar-refractivity contribution in [2.75, 3.05) is 6.61 Å². The number of carbonyl (C=O) groups excluding carboxylic acids is 1. The summed E-state index contributed by atoms with van der Waals surface area (Å²) in [6.07, 6.45) is 3.43. The van der Waals surface area contributed by atoms with Gasteiger partial charge in [0.1, 0.15) is 6.61 Å². The minimum Gasteiger partial charge on any atom is -0.396 e. The molecule has 1 heterocycles. The Bertz CT molecular complexity index is 1290. The van der Waals surface area contributed by atoms with Crippen LogP contribution in [0.1, 0.15) is 34.0 Å². The fraction of sp³-hybridized carbons (Fsp3) is 0.192. The van der Waals surface area contributed by atoms with E-state index in [1.807, 2.05) is 49.4 Å². The van der Waals surface area contributed by atoms with Crippen molar-refractivity contribution < 1.29 is 9.63 Å². The van der Waals surface area contributed by atoms with Gasteiger partial charge < -0.3 is 10.2 Å². The largest absolute Gasteiger partial charge is 0.396 e. The van der Waals surface area contributed by atoms with Gasteiger partial charge in [0.2, 0.25) is 0 Å². The van der Waals surface area contributed by atoms with E-state index in [0.29, 0.717) is 12.2 Å². The third-order valence-corrected chi connectivity index (χ3v) is 5.78. The van der Waals surface area contributed by atoms with Gasteiger partial charge in [0, 0.05) is 22.6 Å². The van der Waals surface area contributed by atoms with Gasteiger partial charge in [-0.25, -0.2) is 0 Å². The molecular weight excluding hydrogens is 471 g/mol. The number of oxime groups is 1. The summed E-state index contributed by atoms with van der Waals surface area (Å²) < 4.78 is 0. The lowest BCUT2D eigenvalue weighted by Crippen LogP contribution is -2.35. The number of benzene rings is 3. The van der Waals surface area contributed by atoms with Crippen LogP contribution in [0.2, 0.25) is 0 Å². The lowest BCUT2D eigenvalue weighted by atomic mass is 10.0. The van der Waals surface area contributed by atoms with E-state index in [9.17, 15) is 4.79 Å². The Balaban J connectivity index is 0.00000162. The average Bonchev–Trinajstić information content (AvgIpc) is 3.42. The average molecular weight is 497 g/mol. The quantitative estimate of drug-likeness (QED) is 0.279. The number of rotatable bonds is 6. The molecule has 0 aliphatic heterocycles. The van der Waals surface area contributed by atoms with Gasteiger partial charge in [0.05, 0.1) is 17.4 Å². The number of aromatic nitrogens is 2. The SMILES string of the molecule is CCON=Cc1ccc2[nH]nc(-c3cccc(C(=O)NC4Cc5ccccc5C4)c3)c2c1.Cl.Cl. The molecule has 0 atom stereocenters. The summed E-state index contributed by atoms with van der Waals surface area (Å²) in [6.45, 7) is 2.42. The van der Waals surface area contributed by atoms with Gasteiger partial charge in [0.25, 0.3) is 5.91 Å². The summed E-state index contributed by atoms with van der Waals surface area (Å²) in [6, 6.07) is 22.0. The van der Waals surface area contributed by atoms with E-state index in [4.69, 9.17) is 4.84 Å². The second kappa shape index (κ2) is 11.2. The van der Waals surface area contributed by atoms with Crippen molar-refractivity contribution in [3.8, 4) is 11.3 Å². The lowest BCUT2D eigenvalue weighted by molar-refractivity contribution is 0.0938. The molecule has 6 nitrogen and oxygen atoms in total. The number of fused-ring (bicyclic) bond motifs is 2. The monoisotopic (exact) mass is 496 g/mol. The molecule has 1 amide bonds. The van der Waals surface area contributed by atoms with E-state index >= 15 is 0 Å². The summed E-state index contributed by atoms with van der Waals surface area (Å²) in [5.74, 6) is -0.0611. The number of aromatic amines is 1. The van der Waals surface area contributed by atoms with Gasteiger partial charge in [-0.3, -0.25) is 9.89 Å². The first kappa shape index (κ1) is 25.3. The Hall–Kier alpha value is -3.35. The lowest BCUT2D eigenvalue weighted by Gasteiger charge is -2.12. The Morgan fingerprint density at radius 3 is 2.59 bits per heavy atom. The highest BCUT2D eigenvalue weighted by molar-refractivity contribution is 5.99. The van der Waals surface area contributed by atoms with Gasteiger partial charge >= 0.3 is 0 Å². The van der Waals surface area contributed by atoms with Crippen LogP contribution in [0.3, 0.4) is 0 Å². The minimum absolute atomic E-state index is 0. The summed E-state index contributed by atoms with van der Waals surface area (Å²) in [4.78, 5) is 18.0. The van der Waals surface area contributed by atoms with E-state index < -0.39 is 0 Å². The predicted molar refractivity (Wildman–Crippen MR) is 140 cm³/mol. The van der Waals surface area contributed by atoms with Crippen LogP contribution in [0.15, 0.2) is 71.9 Å². The molecule has 176 valence electrons. The van der Waals surface area contributed by atoms with E-state index in [2.05, 4.69) is 44.9 Å². The first-order valence-corrected chi connectivity index (χ1v) is 10.8. The smallest absolute Gasteiger partial charge is 0.251 e. The molecule has 0 bridgehead atoms. The van der Waals surface area contributed by atoms with Crippen LogP contribution >= 0.6 is 24.8 Å². The van der Waals surface area contributed by atoms with Crippen molar-refractivity contribution in [3.05, 3.63) is 89.0 Å². The van der Waals surface area contributed by atoms with Crippen molar-refractivity contribution >= 4 is 47.8 Å². The molecule has 0 fully saturated rings. The van der Waals surface area contributed by atoms with Gasteiger partial charge in [-0.2, -0.15) is 5.10 Å². The van der Waals surface area contributed by atoms with Gasteiger partial charge in [0.15, 0.2) is 0 Å². The van der Waals surface area contributed by atoms with Crippen LogP contribution in [0.5, 0.6) is 0 Å². The molecule has 2 N–H and O–H groups in total. The molecule has 8 heteroatoms. The van der Waals surface area contributed by atoms with Crippen LogP contribution < -0.4 is 5.32 Å². The van der Waals surface area contributed by atoms with Crippen molar-refractivity contribution in [2.45, 2.75) is 25.8 Å². The highest BCUT2D eigenvalue weighted by atomic mass is 35.5. The molecule has 1 aliphatic rings. The summed E-state index contributed by atoms with van der Waals surface area (Å²) in [5, 5.41) is 15.7. The zero-order valence-electron chi connectivity index (χ0n) is 18.7. The molecule has 0 radical (unpaired) electrons. The summed E-state index contributed by atoms with van der Waals surface area (Å²) in [7, 11) is 0. The highest BCUT2D eigenvalue weighted by Gasteiger charge is 2.23. The standard InChI is InChI=1S/C26H24N4O2.2ClH/c1-2-32-27-16-17-10-11-24-23(12-17)25(30-29-24)20-8-5-9-21(13-20)26(31)28-22-14-18-6-3-4-7-19(18)15-22;;/h3-13,16,22H,2,14-15H2,1H3,(H,28,31)(H,29,30);2*1H. The van der Waals surface area contributed by atoms with Crippen LogP contribution in [-0.4, -0.2) is 35.0 Å². The van der Waals surface area contributed by atoms with Crippen LogP contribution in [0.25, 0.3) is 22.2 Å². The molecule has 4 aromatic rings. The van der Waals surface area contributed by atoms with Crippen LogP contribution in [0.4, 0.5) is 0 Å². The fourth-order valence-corrected chi connectivity index (χ4v) is 4.24. The maximum atomic E-state index is 13.0. The van der Waals surface area contributed by atoms with E-state index in [1.165, 1.54) is 11.1 Å². The van der Waals surface area contributed by atoms with Crippen molar-refractivity contribution in [1.29, 1.82) is 0 Å². The maximum Gasteiger partial charge on any atom is 0.251 e. The molecule has 5 rings (SSSR count). The van der Waals surface area contributed by atoms with Gasteiger partial charge in [-0.1, -0.05) is 47.6 Å². The number of carbonyl (C=O) groups is 1. The third-order valence-electron chi connectivity index (χ3n) is 5.78. The molecule has 0 saturated carbocycles. The topological polar surface area (TPSA) is 79.4 Å². The maximum absolute atomic E-state index is 13.0. The Kier molecular flexibility index (Phi) is 8.31. The second-order valence-corrected chi connectivity index (χ2v) is 7.96. The highest BCUT2D eigenvalue weighted by Crippen LogP contribution is 2.28. The van der Waals surface area contributed by atoms with Crippen LogP contribution in [-0.2, 0) is 17.7 Å². The number of H-pyrrole nitrogens is 1. The number of nitrogens with zero attached hydrogens (tertiary/aromatic N) is 2. The first-order chi connectivity index (χ1) is 15.7. The van der Waals surface area contributed by atoms with Crippen molar-refractivity contribution in [3.63, 3.8) is 0 Å². The molecular formula is C26H26Cl2N4O2. The Morgan fingerprint density at radius 2 is 1.85 bits per heavy atom. The third kappa shape index (κ3) is 5.24. The van der Waals surface area contributed by atoms with E-state index in [-0.39, 0.29) is 36.8 Å². The van der Waals surface area contributed by atoms with E-state index in [1.54, 1.807) is 6.21 Å². The number of amides is 1. The molecule has 0 saturated heterocycles. The number of nitrogens with one attached hydrogen (secondary N) is 2. The predicted octanol–water partition coefficient (Wildman–Crippen LogP) is 5.34. The molecule has 1 aliphatic carbocycles. The number of hydrogen-bond donors (Lipinski definition) is 2. The molecule has 3 aromatic carbocycles. The minimum atomic E-state index is -0.0611. The molecule has 0 spiro atoms. The molecule has 0 unspecified atom stereocenters. The van der Waals surface area contributed by atoms with Crippen molar-refractivity contribution in [2.24, 2.45) is 5.16 Å². The Labute approximate surface area is 210 Å². The van der Waals surface area contributed by atoms with Gasteiger partial charge in [-0.05, 0) is 60.7 Å². The Morgan fingerprint density at radius 1 is 1.09 bits per heavy atom. The second-order valence-electron chi connectivity index (χ2n) is 7.96. The normalized spacial score (nSPS) is 12.7.